The van der Waals surface area contributed by atoms with Crippen molar-refractivity contribution >= 4 is 5.78 Å². The molecule has 1 saturated heterocycles. The van der Waals surface area contributed by atoms with Gasteiger partial charge in [-0.05, 0) is 37.3 Å². The minimum Gasteiger partial charge on any atom is -0.394 e. The van der Waals surface area contributed by atoms with Gasteiger partial charge in [-0.25, -0.2) is 0 Å². The lowest BCUT2D eigenvalue weighted by Crippen LogP contribution is -2.60. The van der Waals surface area contributed by atoms with E-state index in [0.717, 1.165) is 5.57 Å². The maximum Gasteiger partial charge on any atom is 0.186 e. The summed E-state index contributed by atoms with van der Waals surface area (Å²) < 4.78 is 11.3. The lowest BCUT2D eigenvalue weighted by atomic mass is 9.65. The Morgan fingerprint density at radius 1 is 1.18 bits per heavy atom. The Labute approximate surface area is 165 Å². The Hall–Kier alpha value is -1.13. The number of ether oxygens (including phenoxy) is 2. The third-order valence-electron chi connectivity index (χ3n) is 5.44. The molecule has 160 valence electrons. The normalized spacial score (nSPS) is 42.8. The quantitative estimate of drug-likeness (QED) is 0.401. The zero-order valence-electron chi connectivity index (χ0n) is 16.8. The molecule has 0 aromatic carbocycles. The third-order valence-corrected chi connectivity index (χ3v) is 5.44. The lowest BCUT2D eigenvalue weighted by Gasteiger charge is -2.48. The van der Waals surface area contributed by atoms with E-state index in [4.69, 9.17) is 9.47 Å². The fraction of sp³-hybridized carbons (Fsp3) is 0.750. The van der Waals surface area contributed by atoms with Gasteiger partial charge in [0.15, 0.2) is 12.1 Å². The van der Waals surface area contributed by atoms with Gasteiger partial charge in [-0.3, -0.25) is 4.79 Å². The minimum absolute atomic E-state index is 0.0889. The molecule has 28 heavy (non-hydrogen) atoms. The molecule has 0 spiro atoms. The smallest absolute Gasteiger partial charge is 0.186 e. The van der Waals surface area contributed by atoms with Gasteiger partial charge in [-0.2, -0.15) is 0 Å². The first-order valence-electron chi connectivity index (χ1n) is 9.47. The van der Waals surface area contributed by atoms with Crippen LogP contribution in [0.3, 0.4) is 0 Å². The second-order valence-electron chi connectivity index (χ2n) is 8.57. The monoisotopic (exact) mass is 400 g/mol. The average Bonchev–Trinajstić information content (AvgIpc) is 2.56. The highest BCUT2D eigenvalue weighted by molar-refractivity contribution is 5.87. The van der Waals surface area contributed by atoms with Crippen LogP contribution in [-0.2, 0) is 14.3 Å². The van der Waals surface area contributed by atoms with Crippen molar-refractivity contribution in [3.8, 4) is 0 Å². The highest BCUT2D eigenvalue weighted by Crippen LogP contribution is 2.47. The molecule has 8 heteroatoms. The molecule has 8 nitrogen and oxygen atoms in total. The van der Waals surface area contributed by atoms with Crippen LogP contribution in [0.5, 0.6) is 0 Å². The van der Waals surface area contributed by atoms with Gasteiger partial charge in [0.05, 0.1) is 18.3 Å². The second kappa shape index (κ2) is 8.71. The number of carbonyl (C=O) groups excluding carboxylic acids is 1. The number of ketones is 1. The van der Waals surface area contributed by atoms with Gasteiger partial charge in [0.2, 0.25) is 0 Å². The molecule has 2 rings (SSSR count). The first-order valence-corrected chi connectivity index (χ1v) is 9.47. The van der Waals surface area contributed by atoms with E-state index >= 15 is 0 Å². The van der Waals surface area contributed by atoms with Gasteiger partial charge < -0.3 is 35.0 Å². The van der Waals surface area contributed by atoms with Gasteiger partial charge in [0.25, 0.3) is 0 Å². The number of hydrogen-bond donors (Lipinski definition) is 5. The van der Waals surface area contributed by atoms with Crippen LogP contribution in [0, 0.1) is 5.41 Å². The zero-order chi connectivity index (χ0) is 21.3. The van der Waals surface area contributed by atoms with Crippen LogP contribution >= 0.6 is 0 Å². The Balaban J connectivity index is 2.16. The molecule has 0 amide bonds. The molecular weight excluding hydrogens is 368 g/mol. The van der Waals surface area contributed by atoms with E-state index < -0.39 is 54.4 Å². The van der Waals surface area contributed by atoms with E-state index in [1.807, 2.05) is 13.8 Å². The van der Waals surface area contributed by atoms with Crippen LogP contribution in [0.25, 0.3) is 0 Å². The molecule has 1 aliphatic heterocycles. The summed E-state index contributed by atoms with van der Waals surface area (Å²) in [4.78, 5) is 11.1. The molecular formula is C20H32O8. The van der Waals surface area contributed by atoms with Gasteiger partial charge in [0.1, 0.15) is 24.4 Å². The van der Waals surface area contributed by atoms with E-state index in [9.17, 15) is 30.3 Å². The predicted molar refractivity (Wildman–Crippen MR) is 100 cm³/mol. The summed E-state index contributed by atoms with van der Waals surface area (Å²) in [5.41, 5.74) is -0.935. The number of aliphatic hydroxyl groups is 5. The fourth-order valence-corrected chi connectivity index (χ4v) is 4.18. The van der Waals surface area contributed by atoms with E-state index in [1.54, 1.807) is 19.1 Å². The fourth-order valence-electron chi connectivity index (χ4n) is 4.18. The molecule has 0 bridgehead atoms. The lowest BCUT2D eigenvalue weighted by molar-refractivity contribution is -0.316. The summed E-state index contributed by atoms with van der Waals surface area (Å²) in [5.74, 6) is -0.0889. The van der Waals surface area contributed by atoms with Gasteiger partial charge >= 0.3 is 0 Å². The van der Waals surface area contributed by atoms with Crippen molar-refractivity contribution in [3.63, 3.8) is 0 Å². The van der Waals surface area contributed by atoms with E-state index in [2.05, 4.69) is 0 Å². The van der Waals surface area contributed by atoms with Gasteiger partial charge in [-0.1, -0.05) is 26.0 Å². The van der Waals surface area contributed by atoms with Crippen molar-refractivity contribution in [1.29, 1.82) is 0 Å². The van der Waals surface area contributed by atoms with Crippen LogP contribution < -0.4 is 0 Å². The summed E-state index contributed by atoms with van der Waals surface area (Å²) >= 11 is 0. The summed E-state index contributed by atoms with van der Waals surface area (Å²) in [6.45, 7) is 6.46. The maximum atomic E-state index is 11.1. The van der Waals surface area contributed by atoms with E-state index in [-0.39, 0.29) is 12.2 Å². The van der Waals surface area contributed by atoms with Crippen molar-refractivity contribution in [2.24, 2.45) is 5.41 Å². The van der Waals surface area contributed by atoms with Crippen LogP contribution in [-0.4, -0.2) is 80.3 Å². The van der Waals surface area contributed by atoms with Crippen LogP contribution in [0.15, 0.2) is 23.8 Å². The van der Waals surface area contributed by atoms with Crippen molar-refractivity contribution in [2.45, 2.75) is 82.9 Å². The topological polar surface area (TPSA) is 137 Å². The Bertz CT molecular complexity index is 602. The minimum atomic E-state index is -1.51. The largest absolute Gasteiger partial charge is 0.394 e. The summed E-state index contributed by atoms with van der Waals surface area (Å²) in [7, 11) is 0. The van der Waals surface area contributed by atoms with Crippen molar-refractivity contribution < 1.29 is 39.8 Å². The van der Waals surface area contributed by atoms with Crippen molar-refractivity contribution in [2.75, 3.05) is 6.61 Å². The molecule has 2 aliphatic rings. The number of aliphatic hydroxyl groups excluding tert-OH is 4. The van der Waals surface area contributed by atoms with Crippen molar-refractivity contribution in [3.05, 3.63) is 23.8 Å². The van der Waals surface area contributed by atoms with Crippen LogP contribution in [0.1, 0.15) is 40.5 Å². The molecule has 1 heterocycles. The number of hydrogen-bond acceptors (Lipinski definition) is 8. The molecule has 5 N–H and O–H groups in total. The second-order valence-corrected chi connectivity index (χ2v) is 8.57. The maximum absolute atomic E-state index is 11.1. The van der Waals surface area contributed by atoms with E-state index in [1.165, 1.54) is 13.0 Å². The molecule has 2 fully saturated rings. The highest BCUT2D eigenvalue weighted by atomic mass is 16.7. The SMILES string of the molecule is CC(=O)C=CC=C1C(C)(C)CC(OC2OC(CO)C(O)C(O)C2O)CC1(C)O. The molecule has 1 saturated carbocycles. The Morgan fingerprint density at radius 3 is 2.36 bits per heavy atom. The number of carbonyl (C=O) groups is 1. The zero-order valence-corrected chi connectivity index (χ0v) is 16.8. The molecule has 7 unspecified atom stereocenters. The molecule has 0 radical (unpaired) electrons. The first kappa shape index (κ1) is 23.2. The summed E-state index contributed by atoms with van der Waals surface area (Å²) in [6.07, 6.45) is -1.74. The highest BCUT2D eigenvalue weighted by Gasteiger charge is 2.49. The standard InChI is InChI=1S/C20H32O8/c1-11(22)6-5-7-14-19(2,3)8-12(9-20(14,4)26)27-18-17(25)16(24)15(23)13(10-21)28-18/h5-7,12-13,15-18,21,23-26H,8-10H2,1-4H3. The van der Waals surface area contributed by atoms with Crippen LogP contribution in [0.4, 0.5) is 0 Å². The van der Waals surface area contributed by atoms with Gasteiger partial charge in [0, 0.05) is 6.42 Å². The first-order chi connectivity index (χ1) is 12.9. The molecule has 0 aromatic heterocycles. The number of rotatable bonds is 5. The average molecular weight is 400 g/mol. The third kappa shape index (κ3) is 5.07. The molecule has 1 aliphatic carbocycles. The molecule has 0 aromatic rings. The summed E-state index contributed by atoms with van der Waals surface area (Å²) in [5, 5.41) is 50.3. The summed E-state index contributed by atoms with van der Waals surface area (Å²) in [6, 6.07) is 0. The van der Waals surface area contributed by atoms with Gasteiger partial charge in [-0.15, -0.1) is 0 Å². The van der Waals surface area contributed by atoms with Crippen LogP contribution in [0.2, 0.25) is 0 Å². The Morgan fingerprint density at radius 2 is 1.82 bits per heavy atom. The number of allylic oxidation sites excluding steroid dienone is 3. The predicted octanol–water partition coefficient (Wildman–Crippen LogP) is -0.186. The van der Waals surface area contributed by atoms with E-state index in [0.29, 0.717) is 6.42 Å². The van der Waals surface area contributed by atoms with Crippen molar-refractivity contribution in [1.82, 2.24) is 0 Å². The molecule has 7 atom stereocenters. The Kier molecular flexibility index (Phi) is 7.20.